The van der Waals surface area contributed by atoms with Gasteiger partial charge in [0.15, 0.2) is 0 Å². The molecule has 1 heterocycles. The van der Waals surface area contributed by atoms with Crippen molar-refractivity contribution in [2.75, 3.05) is 0 Å². The molecule has 1 aliphatic heterocycles. The Labute approximate surface area is 89.2 Å². The summed E-state index contributed by atoms with van der Waals surface area (Å²) in [5, 5.41) is 0. The van der Waals surface area contributed by atoms with Crippen LogP contribution in [0.1, 0.15) is 35.3 Å². The van der Waals surface area contributed by atoms with Gasteiger partial charge in [0, 0.05) is 6.42 Å². The van der Waals surface area contributed by atoms with Crippen LogP contribution < -0.4 is 10.5 Å². The number of carbonyl (C=O) groups excluding carboxylic acids is 1. The van der Waals surface area contributed by atoms with Crippen LogP contribution in [0, 0.1) is 6.92 Å². The first-order chi connectivity index (χ1) is 6.91. The summed E-state index contributed by atoms with van der Waals surface area (Å²) in [6.45, 7) is 5.88. The fourth-order valence-electron chi connectivity index (χ4n) is 2.06. The first kappa shape index (κ1) is 10.0. The maximum Gasteiger partial charge on any atom is 0.252 e. The summed E-state index contributed by atoms with van der Waals surface area (Å²) in [5.41, 5.74) is 7.59. The Morgan fingerprint density at radius 2 is 2.13 bits per heavy atom. The molecule has 2 N–H and O–H groups in total. The molecule has 2 rings (SSSR count). The minimum atomic E-state index is -0.415. The Bertz CT molecular complexity index is 435. The van der Waals surface area contributed by atoms with Crippen molar-refractivity contribution in [3.8, 4) is 5.75 Å². The molecule has 3 nitrogen and oxygen atoms in total. The highest BCUT2D eigenvalue weighted by Gasteiger charge is 2.33. The van der Waals surface area contributed by atoms with E-state index in [9.17, 15) is 4.79 Å². The largest absolute Gasteiger partial charge is 0.486 e. The van der Waals surface area contributed by atoms with E-state index in [1.54, 1.807) is 0 Å². The van der Waals surface area contributed by atoms with E-state index in [0.29, 0.717) is 11.3 Å². The van der Waals surface area contributed by atoms with E-state index in [4.69, 9.17) is 10.5 Å². The van der Waals surface area contributed by atoms with Crippen molar-refractivity contribution in [1.29, 1.82) is 0 Å². The first-order valence-corrected chi connectivity index (χ1v) is 5.02. The average molecular weight is 205 g/mol. The second-order valence-electron chi connectivity index (χ2n) is 4.65. The molecule has 15 heavy (non-hydrogen) atoms. The van der Waals surface area contributed by atoms with Crippen molar-refractivity contribution in [2.45, 2.75) is 32.8 Å². The summed E-state index contributed by atoms with van der Waals surface area (Å²) < 4.78 is 5.77. The molecule has 0 fully saturated rings. The zero-order valence-electron chi connectivity index (χ0n) is 9.26. The third-order valence-electron chi connectivity index (χ3n) is 2.69. The van der Waals surface area contributed by atoms with Crippen molar-refractivity contribution in [1.82, 2.24) is 0 Å². The van der Waals surface area contributed by atoms with Crippen LogP contribution >= 0.6 is 0 Å². The lowest BCUT2D eigenvalue weighted by molar-refractivity contribution is 0.0985. The molecule has 1 aromatic carbocycles. The second kappa shape index (κ2) is 2.99. The molecule has 80 valence electrons. The fourth-order valence-corrected chi connectivity index (χ4v) is 2.06. The molecule has 0 aliphatic carbocycles. The zero-order chi connectivity index (χ0) is 11.2. The molecular weight excluding hydrogens is 190 g/mol. The smallest absolute Gasteiger partial charge is 0.252 e. The van der Waals surface area contributed by atoms with E-state index in [2.05, 4.69) is 0 Å². The second-order valence-corrected chi connectivity index (χ2v) is 4.65. The Kier molecular flexibility index (Phi) is 2.00. The van der Waals surface area contributed by atoms with Gasteiger partial charge in [-0.15, -0.1) is 0 Å². The minimum Gasteiger partial charge on any atom is -0.486 e. The molecule has 0 radical (unpaired) electrons. The summed E-state index contributed by atoms with van der Waals surface area (Å²) in [6, 6.07) is 3.93. The van der Waals surface area contributed by atoms with Gasteiger partial charge in [-0.25, -0.2) is 0 Å². The van der Waals surface area contributed by atoms with Crippen LogP contribution in [0.25, 0.3) is 0 Å². The highest BCUT2D eigenvalue weighted by molar-refractivity contribution is 5.97. The first-order valence-electron chi connectivity index (χ1n) is 5.02. The highest BCUT2D eigenvalue weighted by atomic mass is 16.5. The Hall–Kier alpha value is -1.51. The third kappa shape index (κ3) is 1.58. The van der Waals surface area contributed by atoms with Gasteiger partial charge in [-0.1, -0.05) is 12.1 Å². The van der Waals surface area contributed by atoms with Crippen LogP contribution in [0.2, 0.25) is 0 Å². The number of amides is 1. The van der Waals surface area contributed by atoms with Gasteiger partial charge in [0.2, 0.25) is 0 Å². The van der Waals surface area contributed by atoms with Crippen LogP contribution in [0.3, 0.4) is 0 Å². The standard InChI is InChI=1S/C12H15NO2/c1-7-4-5-8-6-12(2,3)15-10(8)9(7)11(13)14/h4-5H,6H2,1-3H3,(H2,13,14). The molecule has 0 saturated heterocycles. The molecule has 1 amide bonds. The van der Waals surface area contributed by atoms with Gasteiger partial charge in [-0.2, -0.15) is 0 Å². The van der Waals surface area contributed by atoms with Crippen molar-refractivity contribution in [2.24, 2.45) is 5.73 Å². The summed E-state index contributed by atoms with van der Waals surface area (Å²) in [5.74, 6) is 0.259. The van der Waals surface area contributed by atoms with Crippen molar-refractivity contribution in [3.63, 3.8) is 0 Å². The molecule has 0 aromatic heterocycles. The Morgan fingerprint density at radius 3 is 2.73 bits per heavy atom. The maximum absolute atomic E-state index is 11.3. The number of ether oxygens (including phenoxy) is 1. The van der Waals surface area contributed by atoms with Gasteiger partial charge < -0.3 is 10.5 Å². The number of nitrogens with two attached hydrogens (primary N) is 1. The number of carbonyl (C=O) groups is 1. The van der Waals surface area contributed by atoms with Crippen LogP contribution in [0.5, 0.6) is 5.75 Å². The number of primary amides is 1. The number of hydrogen-bond donors (Lipinski definition) is 1. The molecule has 3 heteroatoms. The maximum atomic E-state index is 11.3. The summed E-state index contributed by atoms with van der Waals surface area (Å²) in [6.07, 6.45) is 0.822. The van der Waals surface area contributed by atoms with Gasteiger partial charge in [0.05, 0.1) is 5.56 Å². The van der Waals surface area contributed by atoms with E-state index >= 15 is 0 Å². The lowest BCUT2D eigenvalue weighted by atomic mass is 9.98. The SMILES string of the molecule is Cc1ccc2c(c1C(N)=O)OC(C)(C)C2. The normalized spacial score (nSPS) is 17.0. The van der Waals surface area contributed by atoms with Crippen LogP contribution in [-0.4, -0.2) is 11.5 Å². The van der Waals surface area contributed by atoms with E-state index in [1.807, 2.05) is 32.9 Å². The summed E-state index contributed by atoms with van der Waals surface area (Å²) in [4.78, 5) is 11.3. The van der Waals surface area contributed by atoms with Gasteiger partial charge >= 0.3 is 0 Å². The summed E-state index contributed by atoms with van der Waals surface area (Å²) >= 11 is 0. The molecule has 0 bridgehead atoms. The predicted molar refractivity (Wildman–Crippen MR) is 58.1 cm³/mol. The predicted octanol–water partition coefficient (Wildman–Crippen LogP) is 1.81. The van der Waals surface area contributed by atoms with Crippen molar-refractivity contribution >= 4 is 5.91 Å². The fraction of sp³-hybridized carbons (Fsp3) is 0.417. The topological polar surface area (TPSA) is 52.3 Å². The lowest BCUT2D eigenvalue weighted by Gasteiger charge is -2.18. The lowest BCUT2D eigenvalue weighted by Crippen LogP contribution is -2.25. The highest BCUT2D eigenvalue weighted by Crippen LogP contribution is 2.38. The zero-order valence-corrected chi connectivity index (χ0v) is 9.26. The molecule has 0 spiro atoms. The Balaban J connectivity index is 2.60. The van der Waals surface area contributed by atoms with Crippen LogP contribution in [0.4, 0.5) is 0 Å². The molecule has 1 aliphatic rings. The van der Waals surface area contributed by atoms with Crippen molar-refractivity contribution in [3.05, 3.63) is 28.8 Å². The van der Waals surface area contributed by atoms with Crippen molar-refractivity contribution < 1.29 is 9.53 Å². The number of aryl methyl sites for hydroxylation is 1. The number of rotatable bonds is 1. The molecule has 0 unspecified atom stereocenters. The number of hydrogen-bond acceptors (Lipinski definition) is 2. The van der Waals surface area contributed by atoms with E-state index < -0.39 is 5.91 Å². The number of fused-ring (bicyclic) bond motifs is 1. The Morgan fingerprint density at radius 1 is 1.47 bits per heavy atom. The molecular formula is C12H15NO2. The quantitative estimate of drug-likeness (QED) is 0.760. The monoisotopic (exact) mass is 205 g/mol. The van der Waals surface area contributed by atoms with Gasteiger partial charge in [0.25, 0.3) is 5.91 Å². The van der Waals surface area contributed by atoms with Crippen LogP contribution in [-0.2, 0) is 6.42 Å². The molecule has 1 aromatic rings. The van der Waals surface area contributed by atoms with Gasteiger partial charge in [-0.3, -0.25) is 4.79 Å². The van der Waals surface area contributed by atoms with E-state index in [-0.39, 0.29) is 5.60 Å². The van der Waals surface area contributed by atoms with Crippen LogP contribution in [0.15, 0.2) is 12.1 Å². The van der Waals surface area contributed by atoms with Gasteiger partial charge in [-0.05, 0) is 31.9 Å². The minimum absolute atomic E-state index is 0.236. The third-order valence-corrected chi connectivity index (χ3v) is 2.69. The average Bonchev–Trinajstić information content (AvgIpc) is 2.37. The molecule has 0 atom stereocenters. The van der Waals surface area contributed by atoms with E-state index in [1.165, 1.54) is 0 Å². The van der Waals surface area contributed by atoms with E-state index in [0.717, 1.165) is 17.5 Å². The summed E-state index contributed by atoms with van der Waals surface area (Å²) in [7, 11) is 0. The molecule has 0 saturated carbocycles. The number of benzene rings is 1. The van der Waals surface area contributed by atoms with Gasteiger partial charge in [0.1, 0.15) is 11.4 Å².